The Morgan fingerprint density at radius 1 is 1.00 bits per heavy atom. The van der Waals surface area contributed by atoms with Crippen molar-refractivity contribution in [2.75, 3.05) is 0 Å². The highest BCUT2D eigenvalue weighted by Gasteiger charge is 2.19. The van der Waals surface area contributed by atoms with Crippen LogP contribution in [0.3, 0.4) is 0 Å². The van der Waals surface area contributed by atoms with Gasteiger partial charge in [-0.15, -0.1) is 0 Å². The van der Waals surface area contributed by atoms with Gasteiger partial charge < -0.3 is 0 Å². The van der Waals surface area contributed by atoms with Crippen LogP contribution in [0.25, 0.3) is 10.8 Å². The summed E-state index contributed by atoms with van der Waals surface area (Å²) in [5.74, 6) is -0.372. The van der Waals surface area contributed by atoms with Gasteiger partial charge in [0.05, 0.1) is 5.71 Å². The van der Waals surface area contributed by atoms with Crippen molar-refractivity contribution in [1.29, 1.82) is 0 Å². The van der Waals surface area contributed by atoms with E-state index in [0.717, 1.165) is 5.39 Å². The van der Waals surface area contributed by atoms with Gasteiger partial charge in [0.1, 0.15) is 10.7 Å². The van der Waals surface area contributed by atoms with E-state index in [9.17, 15) is 12.8 Å². The van der Waals surface area contributed by atoms with Gasteiger partial charge in [0.2, 0.25) is 0 Å². The summed E-state index contributed by atoms with van der Waals surface area (Å²) in [6.07, 6.45) is 0.441. The Bertz CT molecular complexity index is 1020. The molecule has 0 aliphatic rings. The predicted molar refractivity (Wildman–Crippen MR) is 95.4 cm³/mol. The molecule has 0 aliphatic heterocycles. The molecular formula is C19H16FNO3S. The predicted octanol–water partition coefficient (Wildman–Crippen LogP) is 4.50. The summed E-state index contributed by atoms with van der Waals surface area (Å²) >= 11 is 0. The zero-order valence-corrected chi connectivity index (χ0v) is 14.3. The molecular weight excluding hydrogens is 341 g/mol. The molecule has 3 aromatic rings. The van der Waals surface area contributed by atoms with Crippen LogP contribution < -0.4 is 0 Å². The van der Waals surface area contributed by atoms with Crippen molar-refractivity contribution in [2.45, 2.75) is 18.2 Å². The molecule has 0 bridgehead atoms. The molecule has 128 valence electrons. The average Bonchev–Trinajstić information content (AvgIpc) is 2.63. The first-order valence-electron chi connectivity index (χ1n) is 7.75. The third kappa shape index (κ3) is 3.69. The summed E-state index contributed by atoms with van der Waals surface area (Å²) < 4.78 is 43.1. The quantitative estimate of drug-likeness (QED) is 0.499. The van der Waals surface area contributed by atoms with Crippen LogP contribution in [0.15, 0.2) is 76.8 Å². The fourth-order valence-corrected chi connectivity index (χ4v) is 3.48. The lowest BCUT2D eigenvalue weighted by Gasteiger charge is -2.07. The number of nitrogens with zero attached hydrogens (tertiary/aromatic N) is 1. The van der Waals surface area contributed by atoms with Crippen molar-refractivity contribution in [1.82, 2.24) is 0 Å². The number of halogens is 1. The van der Waals surface area contributed by atoms with Crippen LogP contribution in [0.5, 0.6) is 0 Å². The second-order valence-electron chi connectivity index (χ2n) is 5.40. The largest absolute Gasteiger partial charge is 0.359 e. The number of fused-ring (bicyclic) bond motifs is 1. The van der Waals surface area contributed by atoms with E-state index in [2.05, 4.69) is 5.16 Å². The Morgan fingerprint density at radius 3 is 2.40 bits per heavy atom. The maximum Gasteiger partial charge on any atom is 0.359 e. The van der Waals surface area contributed by atoms with Gasteiger partial charge in [0, 0.05) is 5.39 Å². The molecule has 6 heteroatoms. The van der Waals surface area contributed by atoms with Gasteiger partial charge in [0.15, 0.2) is 0 Å². The van der Waals surface area contributed by atoms with E-state index >= 15 is 0 Å². The minimum Gasteiger partial charge on any atom is -0.264 e. The van der Waals surface area contributed by atoms with Crippen LogP contribution >= 0.6 is 0 Å². The van der Waals surface area contributed by atoms with Gasteiger partial charge in [0.25, 0.3) is 0 Å². The Labute approximate surface area is 145 Å². The van der Waals surface area contributed by atoms with Crippen LogP contribution in [0, 0.1) is 5.82 Å². The molecule has 3 aromatic carbocycles. The maximum absolute atomic E-state index is 13.0. The van der Waals surface area contributed by atoms with E-state index in [1.165, 1.54) is 30.3 Å². The monoisotopic (exact) mass is 357 g/mol. The van der Waals surface area contributed by atoms with E-state index < -0.39 is 10.1 Å². The van der Waals surface area contributed by atoms with Gasteiger partial charge in [-0.3, -0.25) is 4.28 Å². The minimum absolute atomic E-state index is 0.0592. The normalized spacial score (nSPS) is 12.3. The third-order valence-electron chi connectivity index (χ3n) is 3.78. The van der Waals surface area contributed by atoms with E-state index in [4.69, 9.17) is 4.28 Å². The molecule has 0 spiro atoms. The number of hydrogen-bond acceptors (Lipinski definition) is 4. The molecule has 0 unspecified atom stereocenters. The van der Waals surface area contributed by atoms with Crippen LogP contribution in [0.1, 0.15) is 18.9 Å². The number of oxime groups is 1. The van der Waals surface area contributed by atoms with Gasteiger partial charge >= 0.3 is 10.1 Å². The Kier molecular flexibility index (Phi) is 4.81. The molecule has 0 fully saturated rings. The summed E-state index contributed by atoms with van der Waals surface area (Å²) in [7, 11) is -4.07. The highest BCUT2D eigenvalue weighted by molar-refractivity contribution is 7.87. The van der Waals surface area contributed by atoms with Crippen molar-refractivity contribution in [3.8, 4) is 0 Å². The molecule has 0 amide bonds. The molecule has 0 aromatic heterocycles. The SMILES string of the molecule is CCC(=NOS(=O)(=O)c1cccc2ccccc12)c1ccc(F)cc1. The number of hydrogen-bond donors (Lipinski definition) is 0. The lowest BCUT2D eigenvalue weighted by molar-refractivity contribution is 0.338. The van der Waals surface area contributed by atoms with Crippen LogP contribution in [0.4, 0.5) is 4.39 Å². The van der Waals surface area contributed by atoms with Crippen LogP contribution in [-0.2, 0) is 14.4 Å². The summed E-state index contributed by atoms with van der Waals surface area (Å²) in [6, 6.07) is 17.8. The Hall–Kier alpha value is -2.73. The highest BCUT2D eigenvalue weighted by atomic mass is 32.2. The van der Waals surface area contributed by atoms with E-state index in [-0.39, 0.29) is 10.7 Å². The van der Waals surface area contributed by atoms with Crippen molar-refractivity contribution >= 4 is 26.6 Å². The topological polar surface area (TPSA) is 55.7 Å². The summed E-state index contributed by atoms with van der Waals surface area (Å²) in [4.78, 5) is 0.0592. The first kappa shape index (κ1) is 17.1. The standard InChI is InChI=1S/C19H16FNO3S/c1-2-18(15-10-12-16(20)13-11-15)21-24-25(22,23)19-9-5-7-14-6-3-4-8-17(14)19/h3-13H,2H2,1H3. The number of benzene rings is 3. The average molecular weight is 357 g/mol. The fourth-order valence-electron chi connectivity index (χ4n) is 2.51. The zero-order valence-electron chi connectivity index (χ0n) is 13.5. The minimum atomic E-state index is -4.07. The van der Waals surface area contributed by atoms with Gasteiger partial charge in [-0.1, -0.05) is 60.6 Å². The van der Waals surface area contributed by atoms with E-state index in [1.54, 1.807) is 18.2 Å². The molecule has 0 atom stereocenters. The second kappa shape index (κ2) is 7.03. The van der Waals surface area contributed by atoms with Crippen LogP contribution in [0.2, 0.25) is 0 Å². The first-order chi connectivity index (χ1) is 12.0. The molecule has 25 heavy (non-hydrogen) atoms. The van der Waals surface area contributed by atoms with Gasteiger partial charge in [-0.05, 0) is 35.6 Å². The van der Waals surface area contributed by atoms with Crippen molar-refractivity contribution in [3.63, 3.8) is 0 Å². The lowest BCUT2D eigenvalue weighted by atomic mass is 10.1. The Balaban J connectivity index is 1.96. The van der Waals surface area contributed by atoms with Gasteiger partial charge in [-0.2, -0.15) is 8.42 Å². The smallest absolute Gasteiger partial charge is 0.264 e. The molecule has 0 aliphatic carbocycles. The second-order valence-corrected chi connectivity index (χ2v) is 6.90. The van der Waals surface area contributed by atoms with Crippen molar-refractivity contribution in [2.24, 2.45) is 5.16 Å². The molecule has 0 N–H and O–H groups in total. The van der Waals surface area contributed by atoms with E-state index in [0.29, 0.717) is 23.1 Å². The van der Waals surface area contributed by atoms with Crippen molar-refractivity contribution in [3.05, 3.63) is 78.1 Å². The van der Waals surface area contributed by atoms with Crippen molar-refractivity contribution < 1.29 is 17.1 Å². The first-order valence-corrected chi connectivity index (χ1v) is 9.16. The fraction of sp³-hybridized carbons (Fsp3) is 0.105. The van der Waals surface area contributed by atoms with E-state index in [1.807, 2.05) is 25.1 Å². The number of rotatable bonds is 5. The Morgan fingerprint density at radius 2 is 1.68 bits per heavy atom. The summed E-state index contributed by atoms with van der Waals surface area (Å²) in [6.45, 7) is 1.82. The van der Waals surface area contributed by atoms with Gasteiger partial charge in [-0.25, -0.2) is 4.39 Å². The molecule has 0 heterocycles. The maximum atomic E-state index is 13.0. The summed E-state index contributed by atoms with van der Waals surface area (Å²) in [5, 5.41) is 5.17. The molecule has 0 saturated heterocycles. The zero-order chi connectivity index (χ0) is 17.9. The molecule has 0 saturated carbocycles. The lowest BCUT2D eigenvalue weighted by Crippen LogP contribution is -2.07. The summed E-state index contributed by atoms with van der Waals surface area (Å²) in [5.41, 5.74) is 1.03. The third-order valence-corrected chi connectivity index (χ3v) is 4.94. The van der Waals surface area contributed by atoms with Crippen LogP contribution in [-0.4, -0.2) is 14.1 Å². The molecule has 4 nitrogen and oxygen atoms in total. The highest BCUT2D eigenvalue weighted by Crippen LogP contribution is 2.24. The molecule has 0 radical (unpaired) electrons. The molecule has 3 rings (SSSR count).